The summed E-state index contributed by atoms with van der Waals surface area (Å²) in [5.41, 5.74) is 1.06. The Morgan fingerprint density at radius 1 is 1.17 bits per heavy atom. The number of carbonyl (C=O) groups excluding carboxylic acids is 2. The molecule has 1 saturated heterocycles. The molecule has 2 aromatic carbocycles. The monoisotopic (exact) mass is 413 g/mol. The lowest BCUT2D eigenvalue weighted by Gasteiger charge is -2.25. The smallest absolute Gasteiger partial charge is 0.295 e. The molecule has 1 heterocycles. The maximum absolute atomic E-state index is 14.7. The third-order valence-electron chi connectivity index (χ3n) is 5.18. The van der Waals surface area contributed by atoms with E-state index in [1.807, 2.05) is 0 Å². The number of ketones is 1. The van der Waals surface area contributed by atoms with E-state index in [-0.39, 0.29) is 23.4 Å². The van der Waals surface area contributed by atoms with Crippen LogP contribution in [0.4, 0.5) is 4.39 Å². The maximum Gasteiger partial charge on any atom is 0.295 e. The van der Waals surface area contributed by atoms with Crippen LogP contribution in [0.15, 0.2) is 48.0 Å². The number of aliphatic hydroxyl groups is 1. The topological polar surface area (TPSA) is 76.1 Å². The van der Waals surface area contributed by atoms with Gasteiger partial charge in [0.1, 0.15) is 17.3 Å². The lowest BCUT2D eigenvalue weighted by atomic mass is 9.93. The number of likely N-dealkylation sites (tertiary alicyclic amines) is 1. The summed E-state index contributed by atoms with van der Waals surface area (Å²) in [6.45, 7) is 2.32. The molecule has 0 aliphatic carbocycles. The third-order valence-corrected chi connectivity index (χ3v) is 5.18. The maximum atomic E-state index is 14.7. The van der Waals surface area contributed by atoms with Gasteiger partial charge in [0, 0.05) is 31.4 Å². The normalized spacial score (nSPS) is 18.1. The van der Waals surface area contributed by atoms with Crippen molar-refractivity contribution >= 4 is 17.4 Å². The Labute approximate surface area is 174 Å². The molecule has 1 amide bonds. The number of aryl methyl sites for hydroxylation is 1. The molecule has 0 saturated carbocycles. The molecule has 1 atom stereocenters. The molecule has 1 aliphatic rings. The van der Waals surface area contributed by atoms with Gasteiger partial charge in [-0.1, -0.05) is 18.2 Å². The molecular weight excluding hydrogens is 389 g/mol. The van der Waals surface area contributed by atoms with E-state index >= 15 is 0 Å². The van der Waals surface area contributed by atoms with Crippen molar-refractivity contribution in [2.75, 3.05) is 27.4 Å². The summed E-state index contributed by atoms with van der Waals surface area (Å²) < 4.78 is 24.9. The Bertz CT molecular complexity index is 1000. The summed E-state index contributed by atoms with van der Waals surface area (Å²) in [7, 11) is 3.06. The molecule has 0 aromatic heterocycles. The van der Waals surface area contributed by atoms with Crippen molar-refractivity contribution in [2.24, 2.45) is 0 Å². The number of amides is 1. The average Bonchev–Trinajstić information content (AvgIpc) is 2.98. The number of carbonyl (C=O) groups is 2. The van der Waals surface area contributed by atoms with E-state index in [1.54, 1.807) is 31.2 Å². The second kappa shape index (κ2) is 9.09. The van der Waals surface area contributed by atoms with Crippen LogP contribution in [-0.2, 0) is 14.3 Å². The molecule has 2 aromatic rings. The number of nitrogens with zero attached hydrogens (tertiary/aromatic N) is 1. The van der Waals surface area contributed by atoms with Crippen molar-refractivity contribution in [3.05, 3.63) is 70.5 Å². The van der Waals surface area contributed by atoms with Gasteiger partial charge >= 0.3 is 0 Å². The molecule has 7 heteroatoms. The first kappa shape index (κ1) is 21.5. The van der Waals surface area contributed by atoms with E-state index in [4.69, 9.17) is 9.47 Å². The Balaban J connectivity index is 2.17. The molecular formula is C23H24FNO5. The molecule has 30 heavy (non-hydrogen) atoms. The molecule has 158 valence electrons. The number of Topliss-reactive ketones (excluding diaryl/α,β-unsaturated/α-hetero) is 1. The summed E-state index contributed by atoms with van der Waals surface area (Å²) >= 11 is 0. The lowest BCUT2D eigenvalue weighted by molar-refractivity contribution is -0.140. The predicted molar refractivity (Wildman–Crippen MR) is 110 cm³/mol. The molecule has 0 bridgehead atoms. The van der Waals surface area contributed by atoms with Crippen LogP contribution in [0.1, 0.15) is 29.2 Å². The van der Waals surface area contributed by atoms with Gasteiger partial charge in [-0.2, -0.15) is 0 Å². The number of halogens is 1. The largest absolute Gasteiger partial charge is 0.507 e. The van der Waals surface area contributed by atoms with Gasteiger partial charge in [0.15, 0.2) is 0 Å². The molecule has 1 fully saturated rings. The van der Waals surface area contributed by atoms with Crippen molar-refractivity contribution in [2.45, 2.75) is 19.4 Å². The van der Waals surface area contributed by atoms with Gasteiger partial charge in [0.05, 0.1) is 18.7 Å². The molecule has 1 aliphatic heterocycles. The van der Waals surface area contributed by atoms with Crippen LogP contribution >= 0.6 is 0 Å². The fourth-order valence-corrected chi connectivity index (χ4v) is 3.68. The Hall–Kier alpha value is -3.19. The molecule has 0 radical (unpaired) electrons. The zero-order valence-electron chi connectivity index (χ0n) is 17.1. The SMILES string of the molecule is COCCCN1C(=O)C(=O)/C(=C(/O)c2ccc(OC)cc2C)C1c1ccccc1F. The van der Waals surface area contributed by atoms with Crippen LogP contribution < -0.4 is 4.74 Å². The van der Waals surface area contributed by atoms with Crippen LogP contribution in [0.2, 0.25) is 0 Å². The third kappa shape index (κ3) is 3.93. The number of benzene rings is 2. The van der Waals surface area contributed by atoms with Gasteiger partial charge in [-0.25, -0.2) is 4.39 Å². The Kier molecular flexibility index (Phi) is 6.52. The fourth-order valence-electron chi connectivity index (χ4n) is 3.68. The van der Waals surface area contributed by atoms with Gasteiger partial charge < -0.3 is 19.5 Å². The highest BCUT2D eigenvalue weighted by molar-refractivity contribution is 6.46. The second-order valence-electron chi connectivity index (χ2n) is 7.04. The summed E-state index contributed by atoms with van der Waals surface area (Å²) in [6.07, 6.45) is 0.468. The van der Waals surface area contributed by atoms with E-state index in [9.17, 15) is 19.1 Å². The number of rotatable bonds is 7. The van der Waals surface area contributed by atoms with E-state index in [2.05, 4.69) is 0 Å². The first-order chi connectivity index (χ1) is 14.4. The Morgan fingerprint density at radius 2 is 1.90 bits per heavy atom. The van der Waals surface area contributed by atoms with Crippen LogP contribution in [0.3, 0.4) is 0 Å². The molecule has 6 nitrogen and oxygen atoms in total. The number of ether oxygens (including phenoxy) is 2. The number of hydrogen-bond donors (Lipinski definition) is 1. The van der Waals surface area contributed by atoms with Gasteiger partial charge in [0.25, 0.3) is 11.7 Å². The van der Waals surface area contributed by atoms with Crippen molar-refractivity contribution in [3.8, 4) is 5.75 Å². The lowest BCUT2D eigenvalue weighted by Crippen LogP contribution is -2.31. The van der Waals surface area contributed by atoms with Crippen molar-refractivity contribution in [1.29, 1.82) is 0 Å². The number of methoxy groups -OCH3 is 2. The number of aliphatic hydroxyl groups excluding tert-OH is 1. The van der Waals surface area contributed by atoms with Crippen molar-refractivity contribution in [1.82, 2.24) is 4.90 Å². The average molecular weight is 413 g/mol. The summed E-state index contributed by atoms with van der Waals surface area (Å²) in [5, 5.41) is 11.1. The minimum Gasteiger partial charge on any atom is -0.507 e. The first-order valence-corrected chi connectivity index (χ1v) is 9.57. The zero-order valence-corrected chi connectivity index (χ0v) is 17.1. The van der Waals surface area contributed by atoms with Crippen LogP contribution in [0.5, 0.6) is 5.75 Å². The van der Waals surface area contributed by atoms with Gasteiger partial charge in [-0.15, -0.1) is 0 Å². The molecule has 1 N–H and O–H groups in total. The minimum atomic E-state index is -1.02. The highest BCUT2D eigenvalue weighted by Crippen LogP contribution is 2.41. The minimum absolute atomic E-state index is 0.129. The van der Waals surface area contributed by atoms with E-state index < -0.39 is 23.5 Å². The molecule has 0 spiro atoms. The van der Waals surface area contributed by atoms with Gasteiger partial charge in [-0.3, -0.25) is 9.59 Å². The molecule has 3 rings (SSSR count). The first-order valence-electron chi connectivity index (χ1n) is 9.57. The predicted octanol–water partition coefficient (Wildman–Crippen LogP) is 3.60. The number of hydrogen-bond acceptors (Lipinski definition) is 5. The van der Waals surface area contributed by atoms with Crippen LogP contribution in [0, 0.1) is 12.7 Å². The van der Waals surface area contributed by atoms with Crippen LogP contribution in [0.25, 0.3) is 5.76 Å². The van der Waals surface area contributed by atoms with E-state index in [1.165, 1.54) is 37.3 Å². The summed E-state index contributed by atoms with van der Waals surface area (Å²) in [4.78, 5) is 27.0. The van der Waals surface area contributed by atoms with E-state index in [0.29, 0.717) is 29.9 Å². The van der Waals surface area contributed by atoms with Gasteiger partial charge in [0.2, 0.25) is 0 Å². The molecule has 1 unspecified atom stereocenters. The fraction of sp³-hybridized carbons (Fsp3) is 0.304. The second-order valence-corrected chi connectivity index (χ2v) is 7.04. The summed E-state index contributed by atoms with van der Waals surface area (Å²) in [5.74, 6) is -1.91. The van der Waals surface area contributed by atoms with Crippen molar-refractivity contribution in [3.63, 3.8) is 0 Å². The Morgan fingerprint density at radius 3 is 2.53 bits per heavy atom. The van der Waals surface area contributed by atoms with Crippen molar-refractivity contribution < 1.29 is 28.6 Å². The van der Waals surface area contributed by atoms with Gasteiger partial charge in [-0.05, 0) is 43.2 Å². The van der Waals surface area contributed by atoms with E-state index in [0.717, 1.165) is 0 Å². The highest BCUT2D eigenvalue weighted by Gasteiger charge is 2.46. The standard InChI is InChI=1S/C23H24FNO5/c1-14-13-15(30-3)9-10-16(14)21(26)19-20(17-7-4-5-8-18(17)24)25(11-6-12-29-2)23(28)22(19)27/h4-5,7-10,13,20,26H,6,11-12H2,1-3H3/b21-19+. The van der Waals surface area contributed by atoms with Crippen LogP contribution in [-0.4, -0.2) is 49.1 Å². The quantitative estimate of drug-likeness (QED) is 0.325. The summed E-state index contributed by atoms with van der Waals surface area (Å²) in [6, 6.07) is 9.89. The highest BCUT2D eigenvalue weighted by atomic mass is 19.1. The zero-order chi connectivity index (χ0) is 21.8.